The van der Waals surface area contributed by atoms with Crippen molar-refractivity contribution in [3.63, 3.8) is 0 Å². The van der Waals surface area contributed by atoms with E-state index in [0.717, 1.165) is 28.5 Å². The highest BCUT2D eigenvalue weighted by Crippen LogP contribution is 2.38. The van der Waals surface area contributed by atoms with E-state index in [-0.39, 0.29) is 30.3 Å². The Bertz CT molecular complexity index is 1410. The molecule has 190 valence electrons. The van der Waals surface area contributed by atoms with Gasteiger partial charge in [-0.3, -0.25) is 9.59 Å². The van der Waals surface area contributed by atoms with Crippen LogP contribution in [0.4, 0.5) is 0 Å². The second kappa shape index (κ2) is 10.8. The monoisotopic (exact) mass is 512 g/mol. The summed E-state index contributed by atoms with van der Waals surface area (Å²) < 4.78 is 5.35. The summed E-state index contributed by atoms with van der Waals surface area (Å²) in [6, 6.07) is 23.7. The third-order valence-corrected chi connectivity index (χ3v) is 7.91. The van der Waals surface area contributed by atoms with E-state index >= 15 is 0 Å². The van der Waals surface area contributed by atoms with Gasteiger partial charge in [-0.25, -0.2) is 0 Å². The zero-order valence-corrected chi connectivity index (χ0v) is 22.3. The second-order valence-electron chi connectivity index (χ2n) is 9.95. The molecule has 1 aliphatic rings. The van der Waals surface area contributed by atoms with Gasteiger partial charge >= 0.3 is 0 Å². The molecule has 0 spiro atoms. The van der Waals surface area contributed by atoms with Crippen LogP contribution >= 0.6 is 11.3 Å². The van der Waals surface area contributed by atoms with Crippen molar-refractivity contribution in [3.8, 4) is 5.75 Å². The maximum atomic E-state index is 13.9. The average molecular weight is 513 g/mol. The van der Waals surface area contributed by atoms with Crippen molar-refractivity contribution in [2.45, 2.75) is 26.3 Å². The summed E-state index contributed by atoms with van der Waals surface area (Å²) in [4.78, 5) is 32.5. The van der Waals surface area contributed by atoms with Crippen LogP contribution in [-0.4, -0.2) is 48.4 Å². The van der Waals surface area contributed by atoms with Gasteiger partial charge in [0.15, 0.2) is 0 Å². The molecule has 4 aromatic rings. The molecule has 2 amide bonds. The van der Waals surface area contributed by atoms with E-state index in [4.69, 9.17) is 4.74 Å². The molecule has 0 saturated heterocycles. The Labute approximate surface area is 222 Å². The minimum atomic E-state index is -0.176. The average Bonchev–Trinajstić information content (AvgIpc) is 3.40. The van der Waals surface area contributed by atoms with Gasteiger partial charge in [-0.05, 0) is 69.9 Å². The quantitative estimate of drug-likeness (QED) is 0.297. The zero-order valence-electron chi connectivity index (χ0n) is 21.5. The lowest BCUT2D eigenvalue weighted by molar-refractivity contribution is -0.134. The normalized spacial score (nSPS) is 15.0. The number of rotatable bonds is 7. The molecule has 5 rings (SSSR count). The first-order valence-corrected chi connectivity index (χ1v) is 13.6. The Hall–Kier alpha value is -3.64. The molecule has 2 heterocycles. The van der Waals surface area contributed by atoms with Gasteiger partial charge in [0.2, 0.25) is 5.91 Å². The second-order valence-corrected chi connectivity index (χ2v) is 11.0. The Morgan fingerprint density at radius 2 is 1.78 bits per heavy atom. The van der Waals surface area contributed by atoms with Gasteiger partial charge < -0.3 is 14.5 Å². The third kappa shape index (κ3) is 5.25. The van der Waals surface area contributed by atoms with Gasteiger partial charge in [-0.1, -0.05) is 56.3 Å². The highest BCUT2D eigenvalue weighted by molar-refractivity contribution is 7.10. The van der Waals surface area contributed by atoms with Crippen molar-refractivity contribution in [3.05, 3.63) is 99.7 Å². The smallest absolute Gasteiger partial charge is 0.254 e. The first kappa shape index (κ1) is 25.0. The maximum Gasteiger partial charge on any atom is 0.254 e. The number of ether oxygens (including phenoxy) is 1. The molecule has 1 unspecified atom stereocenters. The first-order chi connectivity index (χ1) is 17.9. The van der Waals surface area contributed by atoms with Crippen molar-refractivity contribution < 1.29 is 14.3 Å². The first-order valence-electron chi connectivity index (χ1n) is 12.7. The lowest BCUT2D eigenvalue weighted by Gasteiger charge is -2.38. The van der Waals surface area contributed by atoms with Crippen LogP contribution in [0.2, 0.25) is 0 Å². The molecule has 1 aliphatic heterocycles. The molecule has 6 heteroatoms. The number of hydrogen-bond donors (Lipinski definition) is 0. The molecule has 0 radical (unpaired) electrons. The van der Waals surface area contributed by atoms with Crippen molar-refractivity contribution in [2.75, 3.05) is 26.7 Å². The van der Waals surface area contributed by atoms with E-state index in [0.29, 0.717) is 18.7 Å². The van der Waals surface area contributed by atoms with Crippen LogP contribution in [0.5, 0.6) is 5.75 Å². The molecule has 0 N–H and O–H groups in total. The summed E-state index contributed by atoms with van der Waals surface area (Å²) in [5.41, 5.74) is 2.83. The highest BCUT2D eigenvalue weighted by Gasteiger charge is 2.34. The van der Waals surface area contributed by atoms with Crippen LogP contribution < -0.4 is 4.74 Å². The summed E-state index contributed by atoms with van der Waals surface area (Å²) >= 11 is 1.74. The Morgan fingerprint density at radius 3 is 2.51 bits per heavy atom. The predicted molar refractivity (Wildman–Crippen MR) is 149 cm³/mol. The van der Waals surface area contributed by atoms with Crippen LogP contribution in [0.1, 0.15) is 46.3 Å². The number of carbonyl (C=O) groups is 2. The SMILES string of the molecule is COc1ccc(C2c3ccsc3CCN2C(=O)CN(CC(C)C)C(=O)c2ccc3ccccc3c2)cc1. The van der Waals surface area contributed by atoms with E-state index in [2.05, 4.69) is 25.3 Å². The molecule has 1 aromatic heterocycles. The molecule has 0 bridgehead atoms. The summed E-state index contributed by atoms with van der Waals surface area (Å²) in [6.45, 7) is 5.34. The van der Waals surface area contributed by atoms with Gasteiger partial charge in [-0.2, -0.15) is 0 Å². The number of thiophene rings is 1. The van der Waals surface area contributed by atoms with Crippen LogP contribution in [0.15, 0.2) is 78.2 Å². The van der Waals surface area contributed by atoms with E-state index in [1.54, 1.807) is 23.3 Å². The summed E-state index contributed by atoms with van der Waals surface area (Å²) in [7, 11) is 1.65. The Morgan fingerprint density at radius 1 is 1.03 bits per heavy atom. The van der Waals surface area contributed by atoms with Crippen LogP contribution in [0.25, 0.3) is 10.8 Å². The van der Waals surface area contributed by atoms with Crippen LogP contribution in [-0.2, 0) is 11.2 Å². The predicted octanol–water partition coefficient (Wildman–Crippen LogP) is 6.18. The van der Waals surface area contributed by atoms with Gasteiger partial charge in [0.05, 0.1) is 13.2 Å². The fourth-order valence-corrected chi connectivity index (χ4v) is 6.05. The highest BCUT2D eigenvalue weighted by atomic mass is 32.1. The van der Waals surface area contributed by atoms with Gasteiger partial charge in [0.25, 0.3) is 5.91 Å². The van der Waals surface area contributed by atoms with Gasteiger partial charge in [-0.15, -0.1) is 11.3 Å². The summed E-state index contributed by atoms with van der Waals surface area (Å²) in [5.74, 6) is 0.876. The molecule has 3 aromatic carbocycles. The van der Waals surface area contributed by atoms with E-state index in [1.165, 1.54) is 10.4 Å². The minimum Gasteiger partial charge on any atom is -0.497 e. The fraction of sp³-hybridized carbons (Fsp3) is 0.290. The number of carbonyl (C=O) groups excluding carboxylic acids is 2. The van der Waals surface area contributed by atoms with Gasteiger partial charge in [0, 0.05) is 23.5 Å². The molecule has 0 fully saturated rings. The lowest BCUT2D eigenvalue weighted by atomic mass is 9.93. The van der Waals surface area contributed by atoms with Crippen LogP contribution in [0, 0.1) is 5.92 Å². The largest absolute Gasteiger partial charge is 0.497 e. The molecular formula is C31H32N2O3S. The molecular weight excluding hydrogens is 480 g/mol. The van der Waals surface area contributed by atoms with Crippen molar-refractivity contribution in [1.82, 2.24) is 9.80 Å². The van der Waals surface area contributed by atoms with E-state index in [9.17, 15) is 9.59 Å². The topological polar surface area (TPSA) is 49.9 Å². The molecule has 0 saturated carbocycles. The number of hydrogen-bond acceptors (Lipinski definition) is 4. The molecule has 37 heavy (non-hydrogen) atoms. The number of fused-ring (bicyclic) bond motifs is 2. The van der Waals surface area contributed by atoms with E-state index < -0.39 is 0 Å². The molecule has 1 atom stereocenters. The fourth-order valence-electron chi connectivity index (χ4n) is 5.15. The van der Waals surface area contributed by atoms with E-state index in [1.807, 2.05) is 71.6 Å². The number of benzene rings is 3. The van der Waals surface area contributed by atoms with Crippen LogP contribution in [0.3, 0.4) is 0 Å². The minimum absolute atomic E-state index is 0.0348. The zero-order chi connectivity index (χ0) is 25.9. The van der Waals surface area contributed by atoms with Crippen molar-refractivity contribution >= 4 is 33.9 Å². The summed E-state index contributed by atoms with van der Waals surface area (Å²) in [5, 5.41) is 4.21. The third-order valence-electron chi connectivity index (χ3n) is 6.91. The maximum absolute atomic E-state index is 13.9. The standard InChI is InChI=1S/C31H32N2O3S/c1-21(2)19-32(31(35)25-9-8-22-6-4-5-7-24(22)18-25)20-29(34)33-16-14-28-27(15-17-37-28)30(33)23-10-12-26(36-3)13-11-23/h4-13,15,17-18,21,30H,14,16,19-20H2,1-3H3. The van der Waals surface area contributed by atoms with Gasteiger partial charge in [0.1, 0.15) is 12.3 Å². The Kier molecular flexibility index (Phi) is 7.28. The molecule has 5 nitrogen and oxygen atoms in total. The summed E-state index contributed by atoms with van der Waals surface area (Å²) in [6.07, 6.45) is 0.828. The number of methoxy groups -OCH3 is 1. The van der Waals surface area contributed by atoms with Crippen molar-refractivity contribution in [1.29, 1.82) is 0 Å². The van der Waals surface area contributed by atoms with Crippen molar-refractivity contribution in [2.24, 2.45) is 5.92 Å². The number of nitrogens with zero attached hydrogens (tertiary/aromatic N) is 2. The lowest BCUT2D eigenvalue weighted by Crippen LogP contribution is -2.47. The number of amides is 2. The Balaban J connectivity index is 1.43. The molecule has 0 aliphatic carbocycles.